The summed E-state index contributed by atoms with van der Waals surface area (Å²) in [6, 6.07) is 10.3. The van der Waals surface area contributed by atoms with Gasteiger partial charge in [0.2, 0.25) is 5.91 Å². The lowest BCUT2D eigenvalue weighted by Crippen LogP contribution is -2.35. The molecule has 0 radical (unpaired) electrons. The summed E-state index contributed by atoms with van der Waals surface area (Å²) >= 11 is 0. The summed E-state index contributed by atoms with van der Waals surface area (Å²) < 4.78 is 1.91. The first-order valence-corrected chi connectivity index (χ1v) is 9.75. The highest BCUT2D eigenvalue weighted by molar-refractivity contribution is 5.78. The first-order chi connectivity index (χ1) is 12.4. The van der Waals surface area contributed by atoms with E-state index >= 15 is 0 Å². The third-order valence-electron chi connectivity index (χ3n) is 5.72. The molecule has 1 N–H and O–H groups in total. The molecule has 4 heteroatoms. The Bertz CT molecular complexity index is 690. The highest BCUT2D eigenvalue weighted by atomic mass is 16.1. The Kier molecular flexibility index (Phi) is 5.80. The summed E-state index contributed by atoms with van der Waals surface area (Å²) in [6.07, 6.45) is 8.14. The van der Waals surface area contributed by atoms with Crippen LogP contribution >= 0.6 is 0 Å². The molecular formula is C22H31N3O. The van der Waals surface area contributed by atoms with Gasteiger partial charge in [0, 0.05) is 24.9 Å². The minimum absolute atomic E-state index is 0.188. The summed E-state index contributed by atoms with van der Waals surface area (Å²) in [5, 5.41) is 7.36. The second-order valence-electron chi connectivity index (χ2n) is 8.65. The average Bonchev–Trinajstić information content (AvgIpc) is 3.13. The van der Waals surface area contributed by atoms with Crippen molar-refractivity contribution in [3.8, 4) is 0 Å². The second kappa shape index (κ2) is 8.07. The Hall–Kier alpha value is -2.10. The van der Waals surface area contributed by atoms with Crippen molar-refractivity contribution in [2.45, 2.75) is 59.5 Å². The number of rotatable bonds is 5. The number of aromatic nitrogens is 2. The number of nitrogens with one attached hydrogen (secondary N) is 1. The van der Waals surface area contributed by atoms with E-state index in [4.69, 9.17) is 0 Å². The van der Waals surface area contributed by atoms with Crippen LogP contribution in [0.5, 0.6) is 0 Å². The maximum absolute atomic E-state index is 12.5. The number of benzene rings is 1. The van der Waals surface area contributed by atoms with Gasteiger partial charge in [0.15, 0.2) is 0 Å². The maximum atomic E-state index is 12.5. The molecule has 1 saturated carbocycles. The minimum atomic E-state index is 0.188. The van der Waals surface area contributed by atoms with Crippen molar-refractivity contribution in [2.75, 3.05) is 0 Å². The van der Waals surface area contributed by atoms with Crippen LogP contribution in [0.15, 0.2) is 42.7 Å². The molecule has 0 unspecified atom stereocenters. The number of carbonyl (C=O) groups excluding carboxylic acids is 1. The molecule has 3 rings (SSSR count). The van der Waals surface area contributed by atoms with Crippen molar-refractivity contribution in [1.29, 1.82) is 0 Å². The Morgan fingerprint density at radius 3 is 2.35 bits per heavy atom. The number of hydrogen-bond acceptors (Lipinski definition) is 2. The van der Waals surface area contributed by atoms with E-state index in [9.17, 15) is 4.79 Å². The van der Waals surface area contributed by atoms with Crippen molar-refractivity contribution in [2.24, 2.45) is 17.3 Å². The molecule has 1 aromatic heterocycles. The molecule has 0 saturated heterocycles. The predicted octanol–water partition coefficient (Wildman–Crippen LogP) is 4.40. The van der Waals surface area contributed by atoms with Gasteiger partial charge in [0.05, 0.1) is 6.54 Å². The van der Waals surface area contributed by atoms with Gasteiger partial charge in [-0.05, 0) is 54.2 Å². The van der Waals surface area contributed by atoms with E-state index in [1.165, 1.54) is 18.4 Å². The molecule has 0 bridgehead atoms. The minimum Gasteiger partial charge on any atom is -0.352 e. The van der Waals surface area contributed by atoms with Gasteiger partial charge in [-0.2, -0.15) is 5.10 Å². The van der Waals surface area contributed by atoms with E-state index in [0.29, 0.717) is 12.0 Å². The van der Waals surface area contributed by atoms with Crippen LogP contribution < -0.4 is 5.32 Å². The van der Waals surface area contributed by atoms with Crippen molar-refractivity contribution in [3.63, 3.8) is 0 Å². The summed E-state index contributed by atoms with van der Waals surface area (Å²) in [4.78, 5) is 12.5. The molecule has 1 aliphatic carbocycles. The standard InChI is InChI=1S/C22H31N3O/c1-22(2,3)20-11-9-19(10-12-20)21(26)23-15-17-5-7-18(8-6-17)16-25-14-4-13-24-25/h4-8,13-14,19-20H,9-12,15-16H2,1-3H3,(H,23,26). The first-order valence-electron chi connectivity index (χ1n) is 9.75. The van der Waals surface area contributed by atoms with Crippen LogP contribution in [-0.2, 0) is 17.9 Å². The van der Waals surface area contributed by atoms with Gasteiger partial charge < -0.3 is 5.32 Å². The molecule has 0 aliphatic heterocycles. The highest BCUT2D eigenvalue weighted by Gasteiger charge is 2.32. The second-order valence-corrected chi connectivity index (χ2v) is 8.65. The van der Waals surface area contributed by atoms with E-state index in [-0.39, 0.29) is 11.8 Å². The van der Waals surface area contributed by atoms with Crippen LogP contribution in [0, 0.1) is 17.3 Å². The number of nitrogens with zero attached hydrogens (tertiary/aromatic N) is 2. The topological polar surface area (TPSA) is 46.9 Å². The fourth-order valence-corrected chi connectivity index (χ4v) is 3.90. The van der Waals surface area contributed by atoms with Gasteiger partial charge >= 0.3 is 0 Å². The largest absolute Gasteiger partial charge is 0.352 e. The van der Waals surface area contributed by atoms with Gasteiger partial charge in [-0.3, -0.25) is 9.48 Å². The molecule has 0 atom stereocenters. The van der Waals surface area contributed by atoms with Crippen LogP contribution in [0.4, 0.5) is 0 Å². The summed E-state index contributed by atoms with van der Waals surface area (Å²) in [5.74, 6) is 1.15. The zero-order chi connectivity index (χ0) is 18.6. The van der Waals surface area contributed by atoms with Gasteiger partial charge in [-0.25, -0.2) is 0 Å². The summed E-state index contributed by atoms with van der Waals surface area (Å²) in [6.45, 7) is 8.33. The number of carbonyl (C=O) groups is 1. The van der Waals surface area contributed by atoms with Crippen molar-refractivity contribution in [3.05, 3.63) is 53.9 Å². The molecule has 140 valence electrons. The van der Waals surface area contributed by atoms with Gasteiger partial charge in [0.25, 0.3) is 0 Å². The molecule has 4 nitrogen and oxygen atoms in total. The highest BCUT2D eigenvalue weighted by Crippen LogP contribution is 2.39. The van der Waals surface area contributed by atoms with E-state index in [2.05, 4.69) is 55.5 Å². The predicted molar refractivity (Wildman–Crippen MR) is 105 cm³/mol. The number of hydrogen-bond donors (Lipinski definition) is 1. The zero-order valence-electron chi connectivity index (χ0n) is 16.2. The van der Waals surface area contributed by atoms with Crippen LogP contribution in [0.25, 0.3) is 0 Å². The lowest BCUT2D eigenvalue weighted by molar-refractivity contribution is -0.126. The lowest BCUT2D eigenvalue weighted by atomic mass is 9.69. The summed E-state index contributed by atoms with van der Waals surface area (Å²) in [7, 11) is 0. The molecule has 1 fully saturated rings. The molecule has 26 heavy (non-hydrogen) atoms. The first kappa shape index (κ1) is 18.7. The maximum Gasteiger partial charge on any atom is 0.223 e. The van der Waals surface area contributed by atoms with Crippen LogP contribution in [0.1, 0.15) is 57.6 Å². The smallest absolute Gasteiger partial charge is 0.223 e. The molecule has 1 amide bonds. The Morgan fingerprint density at radius 1 is 1.12 bits per heavy atom. The molecular weight excluding hydrogens is 322 g/mol. The van der Waals surface area contributed by atoms with Crippen molar-refractivity contribution in [1.82, 2.24) is 15.1 Å². The van der Waals surface area contributed by atoms with E-state index in [1.54, 1.807) is 6.20 Å². The van der Waals surface area contributed by atoms with E-state index in [1.807, 2.05) is 16.9 Å². The SMILES string of the molecule is CC(C)(C)C1CCC(C(=O)NCc2ccc(Cn3cccn3)cc2)CC1. The quantitative estimate of drug-likeness (QED) is 0.866. The van der Waals surface area contributed by atoms with Crippen LogP contribution in [-0.4, -0.2) is 15.7 Å². The van der Waals surface area contributed by atoms with Crippen LogP contribution in [0.3, 0.4) is 0 Å². The molecule has 1 aromatic carbocycles. The van der Waals surface area contributed by atoms with Crippen LogP contribution in [0.2, 0.25) is 0 Å². The fraction of sp³-hybridized carbons (Fsp3) is 0.545. The monoisotopic (exact) mass is 353 g/mol. The van der Waals surface area contributed by atoms with Crippen molar-refractivity contribution >= 4 is 5.91 Å². The lowest BCUT2D eigenvalue weighted by Gasteiger charge is -2.36. The van der Waals surface area contributed by atoms with E-state index < -0.39 is 0 Å². The Balaban J connectivity index is 1.44. The Morgan fingerprint density at radius 2 is 1.77 bits per heavy atom. The van der Waals surface area contributed by atoms with Crippen molar-refractivity contribution < 1.29 is 4.79 Å². The molecule has 1 aliphatic rings. The van der Waals surface area contributed by atoms with Gasteiger partial charge in [-0.15, -0.1) is 0 Å². The third kappa shape index (κ3) is 4.96. The zero-order valence-corrected chi connectivity index (χ0v) is 16.2. The normalized spacial score (nSPS) is 20.7. The summed E-state index contributed by atoms with van der Waals surface area (Å²) in [5.41, 5.74) is 2.72. The fourth-order valence-electron chi connectivity index (χ4n) is 3.90. The molecule has 0 spiro atoms. The Labute approximate surface area is 157 Å². The third-order valence-corrected chi connectivity index (χ3v) is 5.72. The molecule has 2 aromatic rings. The number of amides is 1. The van der Waals surface area contributed by atoms with E-state index in [0.717, 1.165) is 30.9 Å². The van der Waals surface area contributed by atoms with Gasteiger partial charge in [-0.1, -0.05) is 45.0 Å². The average molecular weight is 354 g/mol. The molecule has 1 heterocycles. The van der Waals surface area contributed by atoms with Gasteiger partial charge in [0.1, 0.15) is 0 Å².